The van der Waals surface area contributed by atoms with E-state index in [1.807, 2.05) is 0 Å². The second kappa shape index (κ2) is 5.53. The van der Waals surface area contributed by atoms with Crippen LogP contribution in [-0.4, -0.2) is 17.0 Å². The summed E-state index contributed by atoms with van der Waals surface area (Å²) in [4.78, 5) is 14.1. The molecule has 0 saturated heterocycles. The number of benzene rings is 1. The van der Waals surface area contributed by atoms with E-state index in [9.17, 15) is 10.1 Å². The Labute approximate surface area is 114 Å². The van der Waals surface area contributed by atoms with Crippen LogP contribution < -0.4 is 10.1 Å². The van der Waals surface area contributed by atoms with Crippen LogP contribution in [0.1, 0.15) is 0 Å². The lowest BCUT2D eigenvalue weighted by atomic mass is 10.3. The van der Waals surface area contributed by atoms with Crippen LogP contribution in [0.2, 0.25) is 5.02 Å². The number of nitro groups is 1. The molecule has 0 amide bonds. The summed E-state index contributed by atoms with van der Waals surface area (Å²) in [6.45, 7) is 0. The summed E-state index contributed by atoms with van der Waals surface area (Å²) in [6, 6.07) is 5.93. The zero-order valence-electron chi connectivity index (χ0n) is 9.96. The molecule has 6 nitrogen and oxygen atoms in total. The minimum atomic E-state index is -0.546. The Bertz CT molecular complexity index is 619. The maximum atomic E-state index is 10.6. The Morgan fingerprint density at radius 2 is 2.11 bits per heavy atom. The van der Waals surface area contributed by atoms with Crippen LogP contribution >= 0.6 is 11.6 Å². The van der Waals surface area contributed by atoms with Crippen molar-refractivity contribution in [1.29, 1.82) is 0 Å². The van der Waals surface area contributed by atoms with Gasteiger partial charge in [0.15, 0.2) is 0 Å². The van der Waals surface area contributed by atoms with E-state index in [1.165, 1.54) is 24.4 Å². The van der Waals surface area contributed by atoms with E-state index in [4.69, 9.17) is 16.3 Å². The standard InChI is InChI=1S/C12H10ClN3O3/c1-14-8-4-10(7-15-6-8)19-9-2-3-12(16(17)18)11(13)5-9/h2-7,14H,1H3. The van der Waals surface area contributed by atoms with Crippen LogP contribution in [0, 0.1) is 10.1 Å². The van der Waals surface area contributed by atoms with Gasteiger partial charge in [-0.2, -0.15) is 0 Å². The minimum absolute atomic E-state index is 0.0280. The molecule has 0 aliphatic carbocycles. The Morgan fingerprint density at radius 1 is 1.32 bits per heavy atom. The molecule has 2 aromatic rings. The fourth-order valence-electron chi connectivity index (χ4n) is 1.45. The summed E-state index contributed by atoms with van der Waals surface area (Å²) >= 11 is 5.80. The van der Waals surface area contributed by atoms with Gasteiger partial charge in [-0.05, 0) is 6.07 Å². The third-order valence-corrected chi connectivity index (χ3v) is 2.66. The molecule has 19 heavy (non-hydrogen) atoms. The largest absolute Gasteiger partial charge is 0.456 e. The number of rotatable bonds is 4. The van der Waals surface area contributed by atoms with Crippen molar-refractivity contribution in [3.8, 4) is 11.5 Å². The van der Waals surface area contributed by atoms with Gasteiger partial charge in [-0.15, -0.1) is 0 Å². The van der Waals surface area contributed by atoms with Gasteiger partial charge in [0.05, 0.1) is 23.0 Å². The number of nitrogens with zero attached hydrogens (tertiary/aromatic N) is 2. The quantitative estimate of drug-likeness (QED) is 0.685. The number of hydrogen-bond donors (Lipinski definition) is 1. The van der Waals surface area contributed by atoms with E-state index in [2.05, 4.69) is 10.3 Å². The number of nitro benzene ring substituents is 1. The lowest BCUT2D eigenvalue weighted by molar-refractivity contribution is -0.384. The first-order valence-electron chi connectivity index (χ1n) is 5.35. The lowest BCUT2D eigenvalue weighted by Gasteiger charge is -2.07. The van der Waals surface area contributed by atoms with Crippen molar-refractivity contribution in [2.75, 3.05) is 12.4 Å². The Kier molecular flexibility index (Phi) is 3.82. The van der Waals surface area contributed by atoms with Crippen LogP contribution in [0.25, 0.3) is 0 Å². The topological polar surface area (TPSA) is 77.3 Å². The smallest absolute Gasteiger partial charge is 0.288 e. The normalized spacial score (nSPS) is 10.0. The van der Waals surface area contributed by atoms with Gasteiger partial charge in [-0.1, -0.05) is 11.6 Å². The number of pyridine rings is 1. The molecule has 7 heteroatoms. The highest BCUT2D eigenvalue weighted by atomic mass is 35.5. The van der Waals surface area contributed by atoms with Gasteiger partial charge in [-0.25, -0.2) is 0 Å². The molecule has 0 bridgehead atoms. The van der Waals surface area contributed by atoms with Gasteiger partial charge in [0.2, 0.25) is 0 Å². The zero-order valence-corrected chi connectivity index (χ0v) is 10.7. The Balaban J connectivity index is 2.23. The van der Waals surface area contributed by atoms with Gasteiger partial charge in [-0.3, -0.25) is 15.1 Å². The average molecular weight is 280 g/mol. The third-order valence-electron chi connectivity index (χ3n) is 2.35. The van der Waals surface area contributed by atoms with Crippen molar-refractivity contribution in [3.05, 3.63) is 51.8 Å². The number of halogens is 1. The maximum Gasteiger partial charge on any atom is 0.288 e. The minimum Gasteiger partial charge on any atom is -0.456 e. The number of hydrogen-bond acceptors (Lipinski definition) is 5. The van der Waals surface area contributed by atoms with Crippen molar-refractivity contribution >= 4 is 23.0 Å². The molecule has 1 N–H and O–H groups in total. The number of aromatic nitrogens is 1. The zero-order chi connectivity index (χ0) is 13.8. The summed E-state index contributed by atoms with van der Waals surface area (Å²) in [5.41, 5.74) is 0.640. The van der Waals surface area contributed by atoms with Gasteiger partial charge < -0.3 is 10.1 Å². The second-order valence-electron chi connectivity index (χ2n) is 3.63. The molecule has 0 atom stereocenters. The summed E-state index contributed by atoms with van der Waals surface area (Å²) in [5.74, 6) is 0.919. The maximum absolute atomic E-state index is 10.6. The fourth-order valence-corrected chi connectivity index (χ4v) is 1.69. The molecule has 1 aromatic heterocycles. The molecule has 2 rings (SSSR count). The van der Waals surface area contributed by atoms with Crippen molar-refractivity contribution in [2.24, 2.45) is 0 Å². The summed E-state index contributed by atoms with van der Waals surface area (Å²) < 4.78 is 5.53. The Morgan fingerprint density at radius 3 is 2.74 bits per heavy atom. The molecule has 0 saturated carbocycles. The molecular formula is C12H10ClN3O3. The second-order valence-corrected chi connectivity index (χ2v) is 4.04. The molecule has 0 spiro atoms. The van der Waals surface area contributed by atoms with E-state index >= 15 is 0 Å². The van der Waals surface area contributed by atoms with Crippen molar-refractivity contribution < 1.29 is 9.66 Å². The van der Waals surface area contributed by atoms with Gasteiger partial charge in [0.1, 0.15) is 16.5 Å². The molecular weight excluding hydrogens is 270 g/mol. The molecule has 98 valence electrons. The highest BCUT2D eigenvalue weighted by Gasteiger charge is 2.12. The van der Waals surface area contributed by atoms with E-state index in [0.29, 0.717) is 11.5 Å². The number of anilines is 1. The predicted molar refractivity (Wildman–Crippen MR) is 72.0 cm³/mol. The first kappa shape index (κ1) is 13.1. The molecule has 0 aliphatic rings. The van der Waals surface area contributed by atoms with Crippen molar-refractivity contribution in [3.63, 3.8) is 0 Å². The van der Waals surface area contributed by atoms with Crippen LogP contribution in [0.5, 0.6) is 11.5 Å². The molecule has 0 unspecified atom stereocenters. The SMILES string of the molecule is CNc1cncc(Oc2ccc([N+](=O)[O-])c(Cl)c2)c1. The van der Waals surface area contributed by atoms with Gasteiger partial charge in [0.25, 0.3) is 5.69 Å². The first-order valence-corrected chi connectivity index (χ1v) is 5.72. The fraction of sp³-hybridized carbons (Fsp3) is 0.0833. The first-order chi connectivity index (χ1) is 9.10. The van der Waals surface area contributed by atoms with E-state index in [0.717, 1.165) is 5.69 Å². The molecule has 0 fully saturated rings. The van der Waals surface area contributed by atoms with Gasteiger partial charge in [0, 0.05) is 25.2 Å². The third kappa shape index (κ3) is 3.11. The van der Waals surface area contributed by atoms with E-state index < -0.39 is 4.92 Å². The highest BCUT2D eigenvalue weighted by molar-refractivity contribution is 6.32. The lowest BCUT2D eigenvalue weighted by Crippen LogP contribution is -1.92. The van der Waals surface area contributed by atoms with E-state index in [-0.39, 0.29) is 10.7 Å². The van der Waals surface area contributed by atoms with Crippen LogP contribution in [0.15, 0.2) is 36.7 Å². The Hall–Kier alpha value is -2.34. The summed E-state index contributed by atoms with van der Waals surface area (Å²) in [5, 5.41) is 13.6. The van der Waals surface area contributed by atoms with Crippen molar-refractivity contribution in [1.82, 2.24) is 4.98 Å². The predicted octanol–water partition coefficient (Wildman–Crippen LogP) is 3.48. The summed E-state index contributed by atoms with van der Waals surface area (Å²) in [7, 11) is 1.77. The molecule has 0 aliphatic heterocycles. The van der Waals surface area contributed by atoms with Crippen molar-refractivity contribution in [2.45, 2.75) is 0 Å². The van der Waals surface area contributed by atoms with Crippen LogP contribution in [0.3, 0.4) is 0 Å². The summed E-state index contributed by atoms with van der Waals surface area (Å²) in [6.07, 6.45) is 3.19. The molecule has 1 heterocycles. The monoisotopic (exact) mass is 279 g/mol. The number of ether oxygens (including phenoxy) is 1. The van der Waals surface area contributed by atoms with Crippen LogP contribution in [0.4, 0.5) is 11.4 Å². The van der Waals surface area contributed by atoms with Crippen LogP contribution in [-0.2, 0) is 0 Å². The molecule has 0 radical (unpaired) electrons. The van der Waals surface area contributed by atoms with Gasteiger partial charge >= 0.3 is 0 Å². The number of nitrogens with one attached hydrogen (secondary N) is 1. The highest BCUT2D eigenvalue weighted by Crippen LogP contribution is 2.31. The van der Waals surface area contributed by atoms with E-state index in [1.54, 1.807) is 19.3 Å². The average Bonchev–Trinajstić information content (AvgIpc) is 2.38. The molecule has 1 aromatic carbocycles.